The molecule has 0 spiro atoms. The highest BCUT2D eigenvalue weighted by Crippen LogP contribution is 2.15. The zero-order chi connectivity index (χ0) is 10.3. The lowest BCUT2D eigenvalue weighted by Crippen LogP contribution is -2.47. The van der Waals surface area contributed by atoms with Crippen LogP contribution in [0.1, 0.15) is 40.0 Å². The maximum atomic E-state index is 8.87. The molecule has 13 heavy (non-hydrogen) atoms. The van der Waals surface area contributed by atoms with Crippen molar-refractivity contribution in [3.63, 3.8) is 0 Å². The van der Waals surface area contributed by atoms with Crippen molar-refractivity contribution in [2.75, 3.05) is 6.61 Å². The van der Waals surface area contributed by atoms with Gasteiger partial charge < -0.3 is 5.11 Å². The van der Waals surface area contributed by atoms with Gasteiger partial charge in [-0.1, -0.05) is 13.8 Å². The Hall–Kier alpha value is -0.590. The molecule has 0 aliphatic carbocycles. The summed E-state index contributed by atoms with van der Waals surface area (Å²) in [5.74, 6) is 0. The van der Waals surface area contributed by atoms with E-state index in [1.54, 1.807) is 0 Å². The maximum absolute atomic E-state index is 8.87. The summed E-state index contributed by atoms with van der Waals surface area (Å²) in [6.07, 6.45) is 2.42. The molecule has 0 aromatic heterocycles. The molecule has 0 amide bonds. The Morgan fingerprint density at radius 2 is 2.15 bits per heavy atom. The third kappa shape index (κ3) is 4.25. The predicted molar refractivity (Wildman–Crippen MR) is 53.2 cm³/mol. The van der Waals surface area contributed by atoms with E-state index in [0.717, 1.165) is 12.8 Å². The van der Waals surface area contributed by atoms with Gasteiger partial charge in [0.25, 0.3) is 0 Å². The van der Waals surface area contributed by atoms with Crippen LogP contribution in [0.25, 0.3) is 0 Å². The molecule has 3 heteroatoms. The van der Waals surface area contributed by atoms with Crippen molar-refractivity contribution in [3.8, 4) is 6.07 Å². The number of hydrogen-bond acceptors (Lipinski definition) is 3. The second-order valence-electron chi connectivity index (χ2n) is 3.62. The monoisotopic (exact) mass is 184 g/mol. The van der Waals surface area contributed by atoms with Gasteiger partial charge in [-0.3, -0.25) is 5.32 Å². The van der Waals surface area contributed by atoms with E-state index in [9.17, 15) is 0 Å². The van der Waals surface area contributed by atoms with Crippen LogP contribution in [0.5, 0.6) is 0 Å². The van der Waals surface area contributed by atoms with Crippen molar-refractivity contribution >= 4 is 0 Å². The highest BCUT2D eigenvalue weighted by atomic mass is 16.3. The van der Waals surface area contributed by atoms with Crippen LogP contribution in [0.3, 0.4) is 0 Å². The molecular weight excluding hydrogens is 164 g/mol. The molecule has 2 unspecified atom stereocenters. The van der Waals surface area contributed by atoms with Crippen LogP contribution < -0.4 is 5.32 Å². The summed E-state index contributed by atoms with van der Waals surface area (Å²) in [4.78, 5) is 0. The Balaban J connectivity index is 4.17. The van der Waals surface area contributed by atoms with Crippen LogP contribution in [0.2, 0.25) is 0 Å². The fourth-order valence-electron chi connectivity index (χ4n) is 1.24. The van der Waals surface area contributed by atoms with E-state index in [0.29, 0.717) is 6.42 Å². The van der Waals surface area contributed by atoms with E-state index >= 15 is 0 Å². The smallest absolute Gasteiger partial charge is 0.0954 e. The van der Waals surface area contributed by atoms with Gasteiger partial charge in [0.2, 0.25) is 0 Å². The van der Waals surface area contributed by atoms with Crippen LogP contribution >= 0.6 is 0 Å². The van der Waals surface area contributed by atoms with Gasteiger partial charge in [-0.2, -0.15) is 5.26 Å². The maximum Gasteiger partial charge on any atom is 0.0954 e. The molecule has 0 radical (unpaired) electrons. The normalized spacial score (nSPS) is 17.5. The van der Waals surface area contributed by atoms with Crippen LogP contribution in [0.4, 0.5) is 0 Å². The lowest BCUT2D eigenvalue weighted by atomic mass is 9.93. The predicted octanol–water partition coefficient (Wildman–Crippen LogP) is 1.43. The van der Waals surface area contributed by atoms with Crippen molar-refractivity contribution in [3.05, 3.63) is 0 Å². The van der Waals surface area contributed by atoms with Gasteiger partial charge in [-0.05, 0) is 26.2 Å². The Morgan fingerprint density at radius 3 is 2.46 bits per heavy atom. The number of nitriles is 1. The number of nitrogens with zero attached hydrogens (tertiary/aromatic N) is 1. The van der Waals surface area contributed by atoms with Gasteiger partial charge in [0.05, 0.1) is 12.1 Å². The molecule has 0 saturated carbocycles. The minimum Gasteiger partial charge on any atom is -0.396 e. The largest absolute Gasteiger partial charge is 0.396 e. The van der Waals surface area contributed by atoms with E-state index in [4.69, 9.17) is 10.4 Å². The highest BCUT2D eigenvalue weighted by Gasteiger charge is 2.23. The summed E-state index contributed by atoms with van der Waals surface area (Å²) in [5, 5.41) is 20.9. The van der Waals surface area contributed by atoms with Gasteiger partial charge in [0.1, 0.15) is 0 Å². The highest BCUT2D eigenvalue weighted by molar-refractivity contribution is 4.95. The first-order valence-electron chi connectivity index (χ1n) is 4.90. The molecule has 0 aliphatic heterocycles. The summed E-state index contributed by atoms with van der Waals surface area (Å²) in [6, 6.07) is 2.11. The van der Waals surface area contributed by atoms with Crippen molar-refractivity contribution in [1.82, 2.24) is 5.32 Å². The van der Waals surface area contributed by atoms with Crippen LogP contribution in [0, 0.1) is 11.3 Å². The fraction of sp³-hybridized carbons (Fsp3) is 0.900. The molecule has 76 valence electrons. The third-order valence-electron chi connectivity index (χ3n) is 2.53. The molecule has 0 rings (SSSR count). The van der Waals surface area contributed by atoms with Gasteiger partial charge in [-0.25, -0.2) is 0 Å². The first-order valence-corrected chi connectivity index (χ1v) is 4.90. The third-order valence-corrected chi connectivity index (χ3v) is 2.53. The van der Waals surface area contributed by atoms with Crippen molar-refractivity contribution in [2.24, 2.45) is 0 Å². The zero-order valence-corrected chi connectivity index (χ0v) is 8.80. The number of rotatable bonds is 6. The number of aliphatic hydroxyl groups excluding tert-OH is 1. The molecule has 2 atom stereocenters. The van der Waals surface area contributed by atoms with E-state index in [1.807, 2.05) is 13.8 Å². The minimum atomic E-state index is -0.106. The lowest BCUT2D eigenvalue weighted by molar-refractivity contribution is 0.208. The molecule has 0 aromatic rings. The molecule has 0 saturated heterocycles. The van der Waals surface area contributed by atoms with E-state index in [2.05, 4.69) is 18.3 Å². The van der Waals surface area contributed by atoms with Gasteiger partial charge in [0.15, 0.2) is 0 Å². The van der Waals surface area contributed by atoms with Crippen LogP contribution in [0.15, 0.2) is 0 Å². The summed E-state index contributed by atoms with van der Waals surface area (Å²) < 4.78 is 0. The second-order valence-corrected chi connectivity index (χ2v) is 3.62. The van der Waals surface area contributed by atoms with E-state index in [1.165, 1.54) is 0 Å². The zero-order valence-electron chi connectivity index (χ0n) is 8.80. The average molecular weight is 184 g/mol. The molecule has 0 fully saturated rings. The van der Waals surface area contributed by atoms with Gasteiger partial charge in [-0.15, -0.1) is 0 Å². The average Bonchev–Trinajstić information content (AvgIpc) is 2.15. The number of hydrogen-bond donors (Lipinski definition) is 2. The SMILES string of the molecule is CCC(C#N)NC(C)(CC)CCO. The quantitative estimate of drug-likeness (QED) is 0.656. The molecule has 0 aromatic carbocycles. The summed E-state index contributed by atoms with van der Waals surface area (Å²) in [6.45, 7) is 6.26. The van der Waals surface area contributed by atoms with E-state index in [-0.39, 0.29) is 18.2 Å². The van der Waals surface area contributed by atoms with Crippen molar-refractivity contribution in [2.45, 2.75) is 51.6 Å². The molecular formula is C10H20N2O. The Bertz CT molecular complexity index is 176. The summed E-state index contributed by atoms with van der Waals surface area (Å²) in [5.41, 5.74) is -0.106. The number of aliphatic hydroxyl groups is 1. The topological polar surface area (TPSA) is 56.0 Å². The van der Waals surface area contributed by atoms with E-state index < -0.39 is 0 Å². The lowest BCUT2D eigenvalue weighted by Gasteiger charge is -2.31. The molecule has 2 N–H and O–H groups in total. The first kappa shape index (κ1) is 12.4. The number of nitrogens with one attached hydrogen (secondary N) is 1. The van der Waals surface area contributed by atoms with Crippen molar-refractivity contribution < 1.29 is 5.11 Å². The van der Waals surface area contributed by atoms with Crippen LogP contribution in [-0.4, -0.2) is 23.3 Å². The first-order chi connectivity index (χ1) is 6.11. The Morgan fingerprint density at radius 1 is 1.54 bits per heavy atom. The van der Waals surface area contributed by atoms with Gasteiger partial charge >= 0.3 is 0 Å². The fourth-order valence-corrected chi connectivity index (χ4v) is 1.24. The van der Waals surface area contributed by atoms with Crippen LogP contribution in [-0.2, 0) is 0 Å². The second kappa shape index (κ2) is 5.95. The molecule has 3 nitrogen and oxygen atoms in total. The molecule has 0 heterocycles. The Labute approximate surface area is 80.8 Å². The molecule has 0 aliphatic rings. The minimum absolute atomic E-state index is 0.100. The van der Waals surface area contributed by atoms with Crippen molar-refractivity contribution in [1.29, 1.82) is 5.26 Å². The molecule has 0 bridgehead atoms. The Kier molecular flexibility index (Phi) is 5.68. The summed E-state index contributed by atoms with van der Waals surface area (Å²) in [7, 11) is 0. The summed E-state index contributed by atoms with van der Waals surface area (Å²) >= 11 is 0. The van der Waals surface area contributed by atoms with Gasteiger partial charge in [0, 0.05) is 12.1 Å². The standard InChI is InChI=1S/C10H20N2O/c1-4-9(8-11)12-10(3,5-2)6-7-13/h9,12-13H,4-7H2,1-3H3.